The number of methoxy groups -OCH3 is 1. The van der Waals surface area contributed by atoms with E-state index in [1.54, 1.807) is 19.2 Å². The van der Waals surface area contributed by atoms with Crippen LogP contribution in [-0.4, -0.2) is 34.0 Å². The number of ether oxygens (including phenoxy) is 1. The standard InChI is InChI=1S/C16H19N3O5.2Na/c1-16(2,3)10-7-9(5-6-11(10)24-4)8-19-13(15(22)23)12(14(20)21)17-18-19;;/h5-7H,8H2,1-4H3,(H,20,21)(H,22,23);;/q;2*+1/p-2. The Labute approximate surface area is 195 Å². The zero-order chi connectivity index (χ0) is 18.1. The van der Waals surface area contributed by atoms with Crippen LogP contribution in [0.3, 0.4) is 0 Å². The van der Waals surface area contributed by atoms with Crippen molar-refractivity contribution in [2.75, 3.05) is 7.11 Å². The summed E-state index contributed by atoms with van der Waals surface area (Å²) in [6.45, 7) is 6.08. The third-order valence-corrected chi connectivity index (χ3v) is 3.53. The minimum absolute atomic E-state index is 0. The van der Waals surface area contributed by atoms with E-state index in [1.807, 2.05) is 26.8 Å². The smallest absolute Gasteiger partial charge is 0.543 e. The fourth-order valence-corrected chi connectivity index (χ4v) is 2.38. The third-order valence-electron chi connectivity index (χ3n) is 3.53. The molecule has 26 heavy (non-hydrogen) atoms. The Morgan fingerprint density at radius 2 is 1.77 bits per heavy atom. The van der Waals surface area contributed by atoms with Gasteiger partial charge in [0, 0.05) is 0 Å². The molecule has 2 aromatic rings. The number of carboxylic acids is 2. The zero-order valence-corrected chi connectivity index (χ0v) is 19.8. The second-order valence-electron chi connectivity index (χ2n) is 6.30. The maximum Gasteiger partial charge on any atom is 1.00 e. The number of carbonyl (C=O) groups is 2. The van der Waals surface area contributed by atoms with Gasteiger partial charge in [-0.15, -0.1) is 5.10 Å². The molecule has 1 aromatic heterocycles. The van der Waals surface area contributed by atoms with E-state index in [4.69, 9.17) is 4.74 Å². The molecule has 10 heteroatoms. The van der Waals surface area contributed by atoms with E-state index in [0.29, 0.717) is 5.75 Å². The molecule has 0 amide bonds. The first kappa shape index (κ1) is 25.1. The molecule has 0 radical (unpaired) electrons. The van der Waals surface area contributed by atoms with Gasteiger partial charge in [-0.25, -0.2) is 4.68 Å². The van der Waals surface area contributed by atoms with E-state index in [2.05, 4.69) is 10.3 Å². The van der Waals surface area contributed by atoms with Gasteiger partial charge in [-0.2, -0.15) is 0 Å². The molecule has 0 bridgehead atoms. The number of hydrogen-bond donors (Lipinski definition) is 0. The molecule has 0 unspecified atom stereocenters. The van der Waals surface area contributed by atoms with Crippen LogP contribution in [0.5, 0.6) is 5.75 Å². The fraction of sp³-hybridized carbons (Fsp3) is 0.375. The summed E-state index contributed by atoms with van der Waals surface area (Å²) < 4.78 is 6.32. The van der Waals surface area contributed by atoms with Crippen molar-refractivity contribution in [3.05, 3.63) is 40.7 Å². The normalized spacial score (nSPS) is 10.5. The zero-order valence-electron chi connectivity index (χ0n) is 15.8. The van der Waals surface area contributed by atoms with Gasteiger partial charge in [-0.05, 0) is 28.7 Å². The van der Waals surface area contributed by atoms with Gasteiger partial charge in [0.25, 0.3) is 0 Å². The number of rotatable bonds is 5. The first-order valence-corrected chi connectivity index (χ1v) is 7.18. The van der Waals surface area contributed by atoms with Gasteiger partial charge in [-0.1, -0.05) is 32.1 Å². The van der Waals surface area contributed by atoms with Gasteiger partial charge in [0.05, 0.1) is 25.6 Å². The molecule has 0 saturated heterocycles. The molecule has 0 aliphatic rings. The average molecular weight is 377 g/mol. The Kier molecular flexibility index (Phi) is 9.53. The summed E-state index contributed by atoms with van der Waals surface area (Å²) in [5.74, 6) is -2.69. The molecule has 0 fully saturated rings. The summed E-state index contributed by atoms with van der Waals surface area (Å²) in [6.07, 6.45) is 0. The monoisotopic (exact) mass is 377 g/mol. The number of aromatic carboxylic acids is 2. The van der Waals surface area contributed by atoms with Crippen molar-refractivity contribution < 1.29 is 83.7 Å². The van der Waals surface area contributed by atoms with Gasteiger partial charge in [0.1, 0.15) is 17.1 Å². The second-order valence-corrected chi connectivity index (χ2v) is 6.30. The minimum atomic E-state index is -1.72. The van der Waals surface area contributed by atoms with Crippen molar-refractivity contribution in [2.45, 2.75) is 32.7 Å². The summed E-state index contributed by atoms with van der Waals surface area (Å²) in [5, 5.41) is 29.1. The van der Waals surface area contributed by atoms with Crippen LogP contribution in [0.2, 0.25) is 0 Å². The maximum atomic E-state index is 11.2. The number of carboxylic acid groups (broad SMARTS) is 2. The SMILES string of the molecule is COc1ccc(Cn2nnc(C(=O)[O-])c2C(=O)[O-])cc1C(C)(C)C.[Na+].[Na+]. The van der Waals surface area contributed by atoms with E-state index in [1.165, 1.54) is 0 Å². The minimum Gasteiger partial charge on any atom is -0.543 e. The van der Waals surface area contributed by atoms with E-state index < -0.39 is 23.3 Å². The van der Waals surface area contributed by atoms with Crippen molar-refractivity contribution in [2.24, 2.45) is 0 Å². The van der Waals surface area contributed by atoms with Crippen molar-refractivity contribution in [3.63, 3.8) is 0 Å². The Balaban J connectivity index is 0.00000312. The van der Waals surface area contributed by atoms with Crippen LogP contribution in [0.25, 0.3) is 0 Å². The molecule has 8 nitrogen and oxygen atoms in total. The van der Waals surface area contributed by atoms with Crippen LogP contribution in [0.1, 0.15) is 52.9 Å². The molecule has 0 N–H and O–H groups in total. The average Bonchev–Trinajstić information content (AvgIpc) is 2.90. The maximum absolute atomic E-state index is 11.2. The van der Waals surface area contributed by atoms with Crippen molar-refractivity contribution in [3.8, 4) is 5.75 Å². The number of nitrogens with zero attached hydrogens (tertiary/aromatic N) is 3. The van der Waals surface area contributed by atoms with Gasteiger partial charge in [0.15, 0.2) is 0 Å². The fourth-order valence-electron chi connectivity index (χ4n) is 2.38. The molecule has 1 heterocycles. The third kappa shape index (κ3) is 5.55. The topological polar surface area (TPSA) is 120 Å². The first-order valence-electron chi connectivity index (χ1n) is 7.18. The summed E-state index contributed by atoms with van der Waals surface area (Å²) >= 11 is 0. The van der Waals surface area contributed by atoms with E-state index in [-0.39, 0.29) is 71.1 Å². The largest absolute Gasteiger partial charge is 1.00 e. The molecule has 0 aliphatic carbocycles. The molecular formula is C16H17N3Na2O5. The van der Waals surface area contributed by atoms with Crippen LogP contribution in [0.15, 0.2) is 18.2 Å². The van der Waals surface area contributed by atoms with Crippen LogP contribution in [0, 0.1) is 0 Å². The number of carbonyl (C=O) groups excluding carboxylic acids is 2. The second kappa shape index (κ2) is 9.87. The van der Waals surface area contributed by atoms with Crippen molar-refractivity contribution >= 4 is 11.9 Å². The molecule has 0 spiro atoms. The molecule has 0 aliphatic heterocycles. The summed E-state index contributed by atoms with van der Waals surface area (Å²) in [5.41, 5.74) is 0.0790. The molecule has 0 atom stereocenters. The Morgan fingerprint density at radius 3 is 2.23 bits per heavy atom. The van der Waals surface area contributed by atoms with Gasteiger partial charge in [0.2, 0.25) is 0 Å². The summed E-state index contributed by atoms with van der Waals surface area (Å²) in [4.78, 5) is 22.1. The van der Waals surface area contributed by atoms with Crippen LogP contribution in [0.4, 0.5) is 0 Å². The molecular weight excluding hydrogens is 360 g/mol. The number of aromatic nitrogens is 3. The summed E-state index contributed by atoms with van der Waals surface area (Å²) in [6, 6.07) is 5.37. The quantitative estimate of drug-likeness (QED) is 0.475. The van der Waals surface area contributed by atoms with E-state index >= 15 is 0 Å². The molecule has 1 aromatic carbocycles. The van der Waals surface area contributed by atoms with Gasteiger partial charge >= 0.3 is 59.1 Å². The Morgan fingerprint density at radius 1 is 1.15 bits per heavy atom. The molecule has 2 rings (SSSR count). The molecule has 0 saturated carbocycles. The summed E-state index contributed by atoms with van der Waals surface area (Å²) in [7, 11) is 1.57. The Bertz CT molecular complexity index is 800. The predicted molar refractivity (Wildman–Crippen MR) is 79.5 cm³/mol. The van der Waals surface area contributed by atoms with Crippen LogP contribution < -0.4 is 74.1 Å². The first-order chi connectivity index (χ1) is 11.1. The number of benzene rings is 1. The molecule has 128 valence electrons. The van der Waals surface area contributed by atoms with Gasteiger partial charge in [-0.3, -0.25) is 0 Å². The van der Waals surface area contributed by atoms with E-state index in [0.717, 1.165) is 15.8 Å². The predicted octanol–water partition coefficient (Wildman–Crippen LogP) is -6.63. The number of hydrogen-bond acceptors (Lipinski definition) is 7. The van der Waals surface area contributed by atoms with Gasteiger partial charge < -0.3 is 24.5 Å². The Hall–Kier alpha value is -0.900. The van der Waals surface area contributed by atoms with Crippen molar-refractivity contribution in [1.29, 1.82) is 0 Å². The van der Waals surface area contributed by atoms with Crippen molar-refractivity contribution in [1.82, 2.24) is 15.0 Å². The van der Waals surface area contributed by atoms with E-state index in [9.17, 15) is 19.8 Å². The van der Waals surface area contributed by atoms with Crippen LogP contribution >= 0.6 is 0 Å². The van der Waals surface area contributed by atoms with Crippen LogP contribution in [-0.2, 0) is 12.0 Å².